The molecule has 1 N–H and O–H groups in total. The first kappa shape index (κ1) is 11.9. The summed E-state index contributed by atoms with van der Waals surface area (Å²) in [6.07, 6.45) is 5.87. The lowest BCUT2D eigenvalue weighted by atomic mass is 10.1. The van der Waals surface area contributed by atoms with Crippen LogP contribution in [0.25, 0.3) is 0 Å². The van der Waals surface area contributed by atoms with Gasteiger partial charge in [0.05, 0.1) is 0 Å². The van der Waals surface area contributed by atoms with Gasteiger partial charge < -0.3 is 5.32 Å². The van der Waals surface area contributed by atoms with E-state index in [1.165, 1.54) is 25.0 Å². The van der Waals surface area contributed by atoms with Gasteiger partial charge in [-0.15, -0.1) is 0 Å². The van der Waals surface area contributed by atoms with E-state index in [-0.39, 0.29) is 5.82 Å². The predicted octanol–water partition coefficient (Wildman–Crippen LogP) is 3.55. The molecule has 1 fully saturated rings. The van der Waals surface area contributed by atoms with E-state index in [1.54, 1.807) is 6.07 Å². The number of unbranched alkanes of at least 4 members (excludes halogenated alkanes) is 1. The molecule has 1 nitrogen and oxygen atoms in total. The van der Waals surface area contributed by atoms with Crippen molar-refractivity contribution in [1.82, 2.24) is 5.32 Å². The number of nitrogens with one attached hydrogen (secondary N) is 1. The highest BCUT2D eigenvalue weighted by Gasteiger charge is 2.19. The Balaban J connectivity index is 1.67. The van der Waals surface area contributed by atoms with E-state index in [2.05, 4.69) is 5.32 Å². The number of rotatable bonds is 6. The van der Waals surface area contributed by atoms with E-state index in [1.807, 2.05) is 0 Å². The summed E-state index contributed by atoms with van der Waals surface area (Å²) in [5, 5.41) is 4.02. The van der Waals surface area contributed by atoms with Gasteiger partial charge in [0.1, 0.15) is 5.82 Å². The lowest BCUT2D eigenvalue weighted by Gasteiger charge is -2.05. The van der Waals surface area contributed by atoms with Crippen LogP contribution < -0.4 is 5.32 Å². The molecule has 0 atom stereocenters. The van der Waals surface area contributed by atoms with Crippen LogP contribution >= 0.6 is 11.6 Å². The maximum atomic E-state index is 12.8. The van der Waals surface area contributed by atoms with Gasteiger partial charge in [0.25, 0.3) is 0 Å². The molecule has 0 amide bonds. The van der Waals surface area contributed by atoms with Gasteiger partial charge in [0, 0.05) is 11.1 Å². The third-order valence-electron chi connectivity index (χ3n) is 2.90. The SMILES string of the molecule is Fc1ccc(CCCCNC2CC2)c(Cl)c1. The molecule has 0 spiro atoms. The molecule has 1 aromatic rings. The summed E-state index contributed by atoms with van der Waals surface area (Å²) in [5.74, 6) is -0.260. The Morgan fingerprint density at radius 2 is 2.12 bits per heavy atom. The van der Waals surface area contributed by atoms with Crippen molar-refractivity contribution >= 4 is 11.6 Å². The van der Waals surface area contributed by atoms with E-state index in [0.717, 1.165) is 37.4 Å². The number of benzene rings is 1. The second-order valence-corrected chi connectivity index (χ2v) is 4.83. The van der Waals surface area contributed by atoms with Gasteiger partial charge in [-0.3, -0.25) is 0 Å². The van der Waals surface area contributed by atoms with Crippen LogP contribution in [-0.2, 0) is 6.42 Å². The Kier molecular flexibility index (Phi) is 4.19. The molecular formula is C13H17ClFN. The van der Waals surface area contributed by atoms with Crippen molar-refractivity contribution in [2.75, 3.05) is 6.54 Å². The van der Waals surface area contributed by atoms with Crippen molar-refractivity contribution < 1.29 is 4.39 Å². The Morgan fingerprint density at radius 1 is 1.31 bits per heavy atom. The Bertz CT molecular complexity index is 350. The molecular weight excluding hydrogens is 225 g/mol. The zero-order chi connectivity index (χ0) is 11.4. The molecule has 0 radical (unpaired) electrons. The van der Waals surface area contributed by atoms with Crippen molar-refractivity contribution in [2.24, 2.45) is 0 Å². The summed E-state index contributed by atoms with van der Waals surface area (Å²) in [6.45, 7) is 1.09. The Labute approximate surface area is 101 Å². The van der Waals surface area contributed by atoms with Gasteiger partial charge in [-0.25, -0.2) is 4.39 Å². The van der Waals surface area contributed by atoms with Crippen molar-refractivity contribution in [3.8, 4) is 0 Å². The van der Waals surface area contributed by atoms with Crippen LogP contribution in [0.3, 0.4) is 0 Å². The topological polar surface area (TPSA) is 12.0 Å². The van der Waals surface area contributed by atoms with E-state index < -0.39 is 0 Å². The largest absolute Gasteiger partial charge is 0.314 e. The van der Waals surface area contributed by atoms with E-state index in [9.17, 15) is 4.39 Å². The highest BCUT2D eigenvalue weighted by atomic mass is 35.5. The first-order valence-corrected chi connectivity index (χ1v) is 6.31. The van der Waals surface area contributed by atoms with Gasteiger partial charge in [0.15, 0.2) is 0 Å². The lowest BCUT2D eigenvalue weighted by Crippen LogP contribution is -2.17. The van der Waals surface area contributed by atoms with Crippen LogP contribution in [0, 0.1) is 5.82 Å². The Morgan fingerprint density at radius 3 is 2.81 bits per heavy atom. The van der Waals surface area contributed by atoms with Gasteiger partial charge in [-0.2, -0.15) is 0 Å². The molecule has 1 aliphatic rings. The molecule has 0 bridgehead atoms. The number of halogens is 2. The monoisotopic (exact) mass is 241 g/mol. The molecule has 16 heavy (non-hydrogen) atoms. The van der Waals surface area contributed by atoms with Gasteiger partial charge in [-0.1, -0.05) is 17.7 Å². The zero-order valence-electron chi connectivity index (χ0n) is 9.31. The van der Waals surface area contributed by atoms with Crippen LogP contribution in [0.5, 0.6) is 0 Å². The second kappa shape index (κ2) is 5.65. The van der Waals surface area contributed by atoms with Crippen LogP contribution in [0.1, 0.15) is 31.2 Å². The average Bonchev–Trinajstić information content (AvgIpc) is 3.04. The predicted molar refractivity (Wildman–Crippen MR) is 65.4 cm³/mol. The molecule has 1 saturated carbocycles. The van der Waals surface area contributed by atoms with Gasteiger partial charge in [-0.05, 0) is 56.3 Å². The molecule has 2 rings (SSSR count). The molecule has 0 aromatic heterocycles. The van der Waals surface area contributed by atoms with Crippen LogP contribution in [0.15, 0.2) is 18.2 Å². The number of aryl methyl sites for hydroxylation is 1. The standard InChI is InChI=1S/C13H17ClFN/c14-13-9-11(15)5-4-10(13)3-1-2-8-16-12-6-7-12/h4-5,9,12,16H,1-3,6-8H2. The highest BCUT2D eigenvalue weighted by molar-refractivity contribution is 6.31. The Hall–Kier alpha value is -0.600. The number of hydrogen-bond acceptors (Lipinski definition) is 1. The minimum absolute atomic E-state index is 0.260. The minimum Gasteiger partial charge on any atom is -0.314 e. The normalized spacial score (nSPS) is 15.4. The summed E-state index contributed by atoms with van der Waals surface area (Å²) in [6, 6.07) is 5.43. The van der Waals surface area contributed by atoms with E-state index in [0.29, 0.717) is 5.02 Å². The lowest BCUT2D eigenvalue weighted by molar-refractivity contribution is 0.615. The zero-order valence-corrected chi connectivity index (χ0v) is 10.1. The van der Waals surface area contributed by atoms with Gasteiger partial charge >= 0.3 is 0 Å². The fraction of sp³-hybridized carbons (Fsp3) is 0.538. The summed E-state index contributed by atoms with van der Waals surface area (Å²) in [7, 11) is 0. The van der Waals surface area contributed by atoms with E-state index >= 15 is 0 Å². The number of hydrogen-bond donors (Lipinski definition) is 1. The molecule has 88 valence electrons. The fourth-order valence-electron chi connectivity index (χ4n) is 1.76. The molecule has 1 aliphatic carbocycles. The fourth-order valence-corrected chi connectivity index (χ4v) is 2.02. The van der Waals surface area contributed by atoms with Crippen LogP contribution in [0.2, 0.25) is 5.02 Å². The summed E-state index contributed by atoms with van der Waals surface area (Å²) in [4.78, 5) is 0. The van der Waals surface area contributed by atoms with Crippen molar-refractivity contribution in [1.29, 1.82) is 0 Å². The molecule has 0 aliphatic heterocycles. The maximum Gasteiger partial charge on any atom is 0.124 e. The summed E-state index contributed by atoms with van der Waals surface area (Å²) >= 11 is 5.95. The van der Waals surface area contributed by atoms with Crippen LogP contribution in [0.4, 0.5) is 4.39 Å². The summed E-state index contributed by atoms with van der Waals surface area (Å²) < 4.78 is 12.8. The van der Waals surface area contributed by atoms with Crippen molar-refractivity contribution in [2.45, 2.75) is 38.1 Å². The molecule has 0 saturated heterocycles. The smallest absolute Gasteiger partial charge is 0.124 e. The van der Waals surface area contributed by atoms with Crippen molar-refractivity contribution in [3.63, 3.8) is 0 Å². The highest BCUT2D eigenvalue weighted by Crippen LogP contribution is 2.20. The quantitative estimate of drug-likeness (QED) is 0.751. The van der Waals surface area contributed by atoms with Crippen molar-refractivity contribution in [3.05, 3.63) is 34.6 Å². The van der Waals surface area contributed by atoms with E-state index in [4.69, 9.17) is 11.6 Å². The summed E-state index contributed by atoms with van der Waals surface area (Å²) in [5.41, 5.74) is 1.05. The molecule has 1 aromatic carbocycles. The average molecular weight is 242 g/mol. The molecule has 0 unspecified atom stereocenters. The maximum absolute atomic E-state index is 12.8. The van der Waals surface area contributed by atoms with Gasteiger partial charge in [0.2, 0.25) is 0 Å². The molecule has 0 heterocycles. The first-order chi connectivity index (χ1) is 7.75. The third kappa shape index (κ3) is 3.76. The van der Waals surface area contributed by atoms with Crippen LogP contribution in [-0.4, -0.2) is 12.6 Å². The second-order valence-electron chi connectivity index (χ2n) is 4.42. The first-order valence-electron chi connectivity index (χ1n) is 5.93. The third-order valence-corrected chi connectivity index (χ3v) is 3.25. The minimum atomic E-state index is -0.260. The molecule has 3 heteroatoms.